The van der Waals surface area contributed by atoms with Gasteiger partial charge in [0.1, 0.15) is 5.69 Å². The molecule has 2 aromatic rings. The van der Waals surface area contributed by atoms with Crippen LogP contribution in [0.3, 0.4) is 0 Å². The van der Waals surface area contributed by atoms with Crippen molar-refractivity contribution in [1.82, 2.24) is 9.78 Å². The van der Waals surface area contributed by atoms with Crippen molar-refractivity contribution < 1.29 is 13.2 Å². The van der Waals surface area contributed by atoms with Gasteiger partial charge in [0.2, 0.25) is 0 Å². The Balaban J connectivity index is 2.58. The summed E-state index contributed by atoms with van der Waals surface area (Å²) < 4.78 is 38.7. The predicted molar refractivity (Wildman–Crippen MR) is 58.0 cm³/mol. The standard InChI is InChI=1S/C10H7ClF3N3/c11-6-1-2-8(7(15)5-6)17-9(3-4-16-17)10(12,13)14/h1-5H,15H2. The molecule has 0 saturated carbocycles. The third kappa shape index (κ3) is 2.21. The van der Waals surface area contributed by atoms with Crippen LogP contribution >= 0.6 is 11.6 Å². The summed E-state index contributed by atoms with van der Waals surface area (Å²) in [7, 11) is 0. The normalized spacial score (nSPS) is 11.8. The fraction of sp³-hybridized carbons (Fsp3) is 0.100. The number of benzene rings is 1. The van der Waals surface area contributed by atoms with E-state index in [4.69, 9.17) is 17.3 Å². The van der Waals surface area contributed by atoms with Crippen molar-refractivity contribution in [3.63, 3.8) is 0 Å². The SMILES string of the molecule is Nc1cc(Cl)ccc1-n1nccc1C(F)(F)F. The van der Waals surface area contributed by atoms with Crippen LogP contribution < -0.4 is 5.73 Å². The van der Waals surface area contributed by atoms with E-state index in [0.717, 1.165) is 16.9 Å². The molecule has 0 unspecified atom stereocenters. The van der Waals surface area contributed by atoms with Gasteiger partial charge in [-0.1, -0.05) is 11.6 Å². The maximum absolute atomic E-state index is 12.7. The number of alkyl halides is 3. The highest BCUT2D eigenvalue weighted by atomic mass is 35.5. The van der Waals surface area contributed by atoms with Crippen molar-refractivity contribution >= 4 is 17.3 Å². The van der Waals surface area contributed by atoms with Gasteiger partial charge in [0.25, 0.3) is 0 Å². The summed E-state index contributed by atoms with van der Waals surface area (Å²) in [5.74, 6) is 0. The fourth-order valence-corrected chi connectivity index (χ4v) is 1.61. The number of nitrogen functional groups attached to an aromatic ring is 1. The van der Waals surface area contributed by atoms with E-state index in [9.17, 15) is 13.2 Å². The second-order valence-corrected chi connectivity index (χ2v) is 3.77. The molecule has 0 atom stereocenters. The van der Waals surface area contributed by atoms with Gasteiger partial charge in [-0.15, -0.1) is 0 Å². The monoisotopic (exact) mass is 261 g/mol. The van der Waals surface area contributed by atoms with Crippen molar-refractivity contribution in [3.8, 4) is 5.69 Å². The molecule has 0 aliphatic heterocycles. The maximum atomic E-state index is 12.7. The van der Waals surface area contributed by atoms with Gasteiger partial charge in [0.15, 0.2) is 0 Å². The third-order valence-electron chi connectivity index (χ3n) is 2.15. The Morgan fingerprint density at radius 3 is 2.53 bits per heavy atom. The second kappa shape index (κ2) is 3.96. The molecular formula is C10H7ClF3N3. The quantitative estimate of drug-likeness (QED) is 0.802. The zero-order chi connectivity index (χ0) is 12.6. The molecule has 1 aromatic carbocycles. The highest BCUT2D eigenvalue weighted by Gasteiger charge is 2.35. The van der Waals surface area contributed by atoms with Crippen molar-refractivity contribution in [1.29, 1.82) is 0 Å². The zero-order valence-electron chi connectivity index (χ0n) is 8.37. The molecule has 3 nitrogen and oxygen atoms in total. The first-order valence-corrected chi connectivity index (χ1v) is 4.94. The molecule has 0 radical (unpaired) electrons. The van der Waals surface area contributed by atoms with Crippen molar-refractivity contribution in [2.45, 2.75) is 6.18 Å². The lowest BCUT2D eigenvalue weighted by Crippen LogP contribution is -2.14. The van der Waals surface area contributed by atoms with Crippen molar-refractivity contribution in [2.75, 3.05) is 5.73 Å². The molecule has 0 aliphatic rings. The van der Waals surface area contributed by atoms with Crippen LogP contribution in [0.15, 0.2) is 30.5 Å². The van der Waals surface area contributed by atoms with Crippen LogP contribution in [0.5, 0.6) is 0 Å². The molecular weight excluding hydrogens is 255 g/mol. The first-order valence-electron chi connectivity index (χ1n) is 4.56. The molecule has 7 heteroatoms. The smallest absolute Gasteiger partial charge is 0.397 e. The molecule has 0 bridgehead atoms. The van der Waals surface area contributed by atoms with Gasteiger partial charge >= 0.3 is 6.18 Å². The van der Waals surface area contributed by atoms with Crippen LogP contribution in [-0.2, 0) is 6.18 Å². The van der Waals surface area contributed by atoms with E-state index >= 15 is 0 Å². The number of hydrogen-bond donors (Lipinski definition) is 1. The first-order chi connectivity index (χ1) is 7.89. The van der Waals surface area contributed by atoms with Crippen molar-refractivity contribution in [2.24, 2.45) is 0 Å². The lowest BCUT2D eigenvalue weighted by atomic mass is 10.2. The van der Waals surface area contributed by atoms with Gasteiger partial charge in [0, 0.05) is 5.02 Å². The molecule has 17 heavy (non-hydrogen) atoms. The Hall–Kier alpha value is -1.69. The zero-order valence-corrected chi connectivity index (χ0v) is 9.13. The van der Waals surface area contributed by atoms with Gasteiger partial charge in [-0.05, 0) is 24.3 Å². The summed E-state index contributed by atoms with van der Waals surface area (Å²) in [5.41, 5.74) is 5.01. The highest BCUT2D eigenvalue weighted by molar-refractivity contribution is 6.30. The molecule has 2 rings (SSSR count). The summed E-state index contributed by atoms with van der Waals surface area (Å²) in [5, 5.41) is 3.97. The number of nitrogens with two attached hydrogens (primary N) is 1. The number of nitrogens with zero attached hydrogens (tertiary/aromatic N) is 2. The average Bonchev–Trinajstić information content (AvgIpc) is 2.65. The number of aromatic nitrogens is 2. The number of anilines is 1. The van der Waals surface area contributed by atoms with Gasteiger partial charge in [-0.2, -0.15) is 18.3 Å². The molecule has 0 saturated heterocycles. The summed E-state index contributed by atoms with van der Waals surface area (Å²) in [4.78, 5) is 0. The van der Waals surface area contributed by atoms with Crippen LogP contribution in [0, 0.1) is 0 Å². The first kappa shape index (κ1) is 11.8. The van der Waals surface area contributed by atoms with E-state index < -0.39 is 11.9 Å². The van der Waals surface area contributed by atoms with E-state index in [1.54, 1.807) is 0 Å². The van der Waals surface area contributed by atoms with Crippen LogP contribution in [0.1, 0.15) is 5.69 Å². The Labute approximate surface area is 99.6 Å². The lowest BCUT2D eigenvalue weighted by molar-refractivity contribution is -0.142. The molecule has 0 amide bonds. The summed E-state index contributed by atoms with van der Waals surface area (Å²) in [6.07, 6.45) is -3.42. The van der Waals surface area contributed by atoms with E-state index in [1.165, 1.54) is 18.2 Å². The Kier molecular flexibility index (Phi) is 2.74. The topological polar surface area (TPSA) is 43.8 Å². The highest BCUT2D eigenvalue weighted by Crippen LogP contribution is 2.32. The van der Waals surface area contributed by atoms with Gasteiger partial charge in [-0.3, -0.25) is 0 Å². The minimum atomic E-state index is -4.48. The Morgan fingerprint density at radius 1 is 1.24 bits per heavy atom. The summed E-state index contributed by atoms with van der Waals surface area (Å²) in [6, 6.07) is 5.10. The van der Waals surface area contributed by atoms with Crippen LogP contribution in [-0.4, -0.2) is 9.78 Å². The minimum Gasteiger partial charge on any atom is -0.397 e. The van der Waals surface area contributed by atoms with E-state index in [2.05, 4.69) is 5.10 Å². The largest absolute Gasteiger partial charge is 0.433 e. The van der Waals surface area contributed by atoms with Gasteiger partial charge in [0.05, 0.1) is 17.6 Å². The molecule has 0 fully saturated rings. The number of halogens is 4. The maximum Gasteiger partial charge on any atom is 0.433 e. The van der Waals surface area contributed by atoms with Crippen LogP contribution in [0.25, 0.3) is 5.69 Å². The molecule has 2 N–H and O–H groups in total. The van der Waals surface area contributed by atoms with Gasteiger partial charge < -0.3 is 5.73 Å². The van der Waals surface area contributed by atoms with E-state index in [0.29, 0.717) is 5.02 Å². The van der Waals surface area contributed by atoms with Crippen LogP contribution in [0.2, 0.25) is 5.02 Å². The number of rotatable bonds is 1. The fourth-order valence-electron chi connectivity index (χ4n) is 1.43. The average molecular weight is 262 g/mol. The van der Waals surface area contributed by atoms with Crippen LogP contribution in [0.4, 0.5) is 18.9 Å². The van der Waals surface area contributed by atoms with E-state index in [-0.39, 0.29) is 11.4 Å². The molecule has 0 spiro atoms. The minimum absolute atomic E-state index is 0.131. The molecule has 1 heterocycles. The molecule has 0 aliphatic carbocycles. The molecule has 1 aromatic heterocycles. The Morgan fingerprint density at radius 2 is 1.94 bits per heavy atom. The summed E-state index contributed by atoms with van der Waals surface area (Å²) in [6.45, 7) is 0. The molecule has 90 valence electrons. The number of hydrogen-bond acceptors (Lipinski definition) is 2. The third-order valence-corrected chi connectivity index (χ3v) is 2.39. The summed E-state index contributed by atoms with van der Waals surface area (Å²) >= 11 is 5.68. The predicted octanol–water partition coefficient (Wildman–Crippen LogP) is 3.13. The van der Waals surface area contributed by atoms with E-state index in [1.807, 2.05) is 0 Å². The van der Waals surface area contributed by atoms with Crippen molar-refractivity contribution in [3.05, 3.63) is 41.2 Å². The Bertz CT molecular complexity index is 548. The van der Waals surface area contributed by atoms with Gasteiger partial charge in [-0.25, -0.2) is 4.68 Å². The lowest BCUT2D eigenvalue weighted by Gasteiger charge is -2.12. The second-order valence-electron chi connectivity index (χ2n) is 3.33.